The van der Waals surface area contributed by atoms with Gasteiger partial charge in [-0.3, -0.25) is 14.4 Å². The van der Waals surface area contributed by atoms with Crippen LogP contribution >= 0.6 is 0 Å². The van der Waals surface area contributed by atoms with Crippen molar-refractivity contribution >= 4 is 17.9 Å². The average molecular weight is 919 g/mol. The van der Waals surface area contributed by atoms with Gasteiger partial charge in [-0.1, -0.05) is 254 Å². The molecule has 0 aliphatic rings. The van der Waals surface area contributed by atoms with Gasteiger partial charge >= 0.3 is 17.9 Å². The van der Waals surface area contributed by atoms with Crippen molar-refractivity contribution < 1.29 is 28.6 Å². The molecule has 0 aliphatic carbocycles. The molecule has 0 N–H and O–H groups in total. The van der Waals surface area contributed by atoms with Crippen LogP contribution in [-0.2, 0) is 28.6 Å². The standard InChI is InChI=1S/C60H102O6/c1-4-7-10-13-16-19-22-24-26-27-28-29-30-31-32-33-35-36-38-41-44-47-50-53-59(62)65-56-57(55-64-58(61)52-49-46-43-40-21-18-15-12-9-6-3)66-60(63)54-51-48-45-42-39-37-34-25-23-20-17-14-11-8-5-2/h7,10,16,19,24,26,28-29,31-32,35-36,41,44,57H,4-6,8-9,11-15,17-18,20-23,25,27,30,33-34,37-40,42-43,45-56H2,1-3H3/b10-7-,19-16-,26-24-,29-28-,32-31-,36-35-,44-41-. The van der Waals surface area contributed by atoms with Gasteiger partial charge in [0.15, 0.2) is 6.10 Å². The molecule has 6 heteroatoms. The van der Waals surface area contributed by atoms with E-state index in [1.54, 1.807) is 0 Å². The first-order chi connectivity index (χ1) is 32.5. The molecule has 0 saturated heterocycles. The molecule has 0 fully saturated rings. The highest BCUT2D eigenvalue weighted by Crippen LogP contribution is 2.15. The van der Waals surface area contributed by atoms with E-state index >= 15 is 0 Å². The lowest BCUT2D eigenvalue weighted by Gasteiger charge is -2.18. The number of unbranched alkanes of at least 4 members (excludes halogenated alkanes) is 24. The third-order valence-electron chi connectivity index (χ3n) is 11.7. The van der Waals surface area contributed by atoms with Gasteiger partial charge < -0.3 is 14.2 Å². The first kappa shape index (κ1) is 62.6. The minimum Gasteiger partial charge on any atom is -0.462 e. The summed E-state index contributed by atoms with van der Waals surface area (Å²) in [4.78, 5) is 38.0. The molecule has 0 rings (SSSR count). The number of ether oxygens (including phenoxy) is 3. The molecule has 1 atom stereocenters. The lowest BCUT2D eigenvalue weighted by Crippen LogP contribution is -2.30. The van der Waals surface area contributed by atoms with Gasteiger partial charge in [-0.05, 0) is 70.6 Å². The summed E-state index contributed by atoms with van der Waals surface area (Å²) in [5.41, 5.74) is 0. The molecule has 6 nitrogen and oxygen atoms in total. The fourth-order valence-corrected chi connectivity index (χ4v) is 7.55. The molecule has 0 radical (unpaired) electrons. The van der Waals surface area contributed by atoms with Crippen molar-refractivity contribution in [1.82, 2.24) is 0 Å². The topological polar surface area (TPSA) is 78.9 Å². The summed E-state index contributed by atoms with van der Waals surface area (Å²) >= 11 is 0. The van der Waals surface area contributed by atoms with Crippen LogP contribution in [0.3, 0.4) is 0 Å². The number of hydrogen-bond acceptors (Lipinski definition) is 6. The largest absolute Gasteiger partial charge is 0.462 e. The third-order valence-corrected chi connectivity index (χ3v) is 11.7. The summed E-state index contributed by atoms with van der Waals surface area (Å²) in [6.07, 6.45) is 70.1. The molecule has 0 aromatic heterocycles. The molecule has 1 unspecified atom stereocenters. The van der Waals surface area contributed by atoms with Crippen molar-refractivity contribution in [2.24, 2.45) is 0 Å². The lowest BCUT2D eigenvalue weighted by molar-refractivity contribution is -0.167. The van der Waals surface area contributed by atoms with Crippen LogP contribution in [0.5, 0.6) is 0 Å². The molecule has 378 valence electrons. The van der Waals surface area contributed by atoms with Crippen molar-refractivity contribution in [2.45, 2.75) is 264 Å². The van der Waals surface area contributed by atoms with E-state index in [1.807, 2.05) is 0 Å². The van der Waals surface area contributed by atoms with Gasteiger partial charge in [0, 0.05) is 19.3 Å². The molecule has 0 aliphatic heterocycles. The van der Waals surface area contributed by atoms with Crippen LogP contribution in [0, 0.1) is 0 Å². The van der Waals surface area contributed by atoms with Crippen LogP contribution in [0.15, 0.2) is 85.1 Å². The minimum atomic E-state index is -0.796. The average Bonchev–Trinajstić information content (AvgIpc) is 3.31. The number of carbonyl (C=O) groups is 3. The van der Waals surface area contributed by atoms with Gasteiger partial charge in [0.2, 0.25) is 0 Å². The molecule has 0 bridgehead atoms. The van der Waals surface area contributed by atoms with E-state index in [0.29, 0.717) is 19.3 Å². The smallest absolute Gasteiger partial charge is 0.306 e. The van der Waals surface area contributed by atoms with Crippen molar-refractivity contribution in [3.8, 4) is 0 Å². The minimum absolute atomic E-state index is 0.0915. The van der Waals surface area contributed by atoms with E-state index in [9.17, 15) is 14.4 Å². The maximum atomic E-state index is 12.8. The lowest BCUT2D eigenvalue weighted by atomic mass is 10.0. The van der Waals surface area contributed by atoms with E-state index in [1.165, 1.54) is 122 Å². The summed E-state index contributed by atoms with van der Waals surface area (Å²) in [7, 11) is 0. The van der Waals surface area contributed by atoms with Crippen LogP contribution < -0.4 is 0 Å². The van der Waals surface area contributed by atoms with E-state index in [-0.39, 0.29) is 37.5 Å². The highest BCUT2D eigenvalue weighted by Gasteiger charge is 2.19. The molecular weight excluding hydrogens is 817 g/mol. The maximum Gasteiger partial charge on any atom is 0.306 e. The van der Waals surface area contributed by atoms with E-state index < -0.39 is 6.10 Å². The first-order valence-electron chi connectivity index (χ1n) is 27.6. The zero-order valence-electron chi connectivity index (χ0n) is 43.2. The Balaban J connectivity index is 4.41. The zero-order valence-corrected chi connectivity index (χ0v) is 43.2. The zero-order chi connectivity index (χ0) is 47.9. The molecule has 0 amide bonds. The fourth-order valence-electron chi connectivity index (χ4n) is 7.55. The van der Waals surface area contributed by atoms with Gasteiger partial charge in [-0.15, -0.1) is 0 Å². The Hall–Kier alpha value is -3.41. The van der Waals surface area contributed by atoms with Crippen LogP contribution in [0.2, 0.25) is 0 Å². The Morgan fingerprint density at radius 1 is 0.318 bits per heavy atom. The molecule has 0 spiro atoms. The molecular formula is C60H102O6. The quantitative estimate of drug-likeness (QED) is 0.0262. The van der Waals surface area contributed by atoms with Crippen molar-refractivity contribution in [2.75, 3.05) is 13.2 Å². The Morgan fingerprint density at radius 3 is 0.924 bits per heavy atom. The predicted octanol–water partition coefficient (Wildman–Crippen LogP) is 18.4. The summed E-state index contributed by atoms with van der Waals surface area (Å²) in [6, 6.07) is 0. The number of hydrogen-bond donors (Lipinski definition) is 0. The Labute approximate surface area is 407 Å². The molecule has 0 saturated carbocycles. The number of esters is 3. The molecule has 0 heterocycles. The summed E-state index contributed by atoms with van der Waals surface area (Å²) in [6.45, 7) is 6.47. The molecule has 66 heavy (non-hydrogen) atoms. The van der Waals surface area contributed by atoms with Crippen LogP contribution in [0.4, 0.5) is 0 Å². The molecule has 0 aromatic carbocycles. The molecule has 0 aromatic rings. The normalized spacial score (nSPS) is 12.7. The van der Waals surface area contributed by atoms with Gasteiger partial charge in [-0.25, -0.2) is 0 Å². The second kappa shape index (κ2) is 54.2. The van der Waals surface area contributed by atoms with Gasteiger partial charge in [0.25, 0.3) is 0 Å². The van der Waals surface area contributed by atoms with E-state index in [2.05, 4.69) is 106 Å². The van der Waals surface area contributed by atoms with E-state index in [0.717, 1.165) is 89.9 Å². The van der Waals surface area contributed by atoms with Crippen molar-refractivity contribution in [3.05, 3.63) is 85.1 Å². The summed E-state index contributed by atoms with van der Waals surface area (Å²) in [5.74, 6) is -0.950. The highest BCUT2D eigenvalue weighted by atomic mass is 16.6. The Morgan fingerprint density at radius 2 is 0.591 bits per heavy atom. The maximum absolute atomic E-state index is 12.8. The summed E-state index contributed by atoms with van der Waals surface area (Å²) in [5, 5.41) is 0. The van der Waals surface area contributed by atoms with Crippen LogP contribution in [-0.4, -0.2) is 37.2 Å². The SMILES string of the molecule is CC/C=C\C/C=C\C/C=C\C/C=C\C/C=C\C/C=C\C/C=C\CCCC(=O)OCC(COC(=O)CCCCCCCCCCCC)OC(=O)CCCCCCCCCCCCCCCCC. The van der Waals surface area contributed by atoms with Gasteiger partial charge in [0.05, 0.1) is 0 Å². The highest BCUT2D eigenvalue weighted by molar-refractivity contribution is 5.71. The van der Waals surface area contributed by atoms with Gasteiger partial charge in [0.1, 0.15) is 13.2 Å². The summed E-state index contributed by atoms with van der Waals surface area (Å²) < 4.78 is 16.8. The monoisotopic (exact) mass is 919 g/mol. The van der Waals surface area contributed by atoms with Gasteiger partial charge in [-0.2, -0.15) is 0 Å². The Bertz CT molecular complexity index is 1290. The number of carbonyl (C=O) groups excluding carboxylic acids is 3. The third kappa shape index (κ3) is 51.6. The van der Waals surface area contributed by atoms with Crippen LogP contribution in [0.25, 0.3) is 0 Å². The van der Waals surface area contributed by atoms with Crippen LogP contribution in [0.1, 0.15) is 258 Å². The van der Waals surface area contributed by atoms with Crippen molar-refractivity contribution in [1.29, 1.82) is 0 Å². The second-order valence-electron chi connectivity index (χ2n) is 18.1. The second-order valence-corrected chi connectivity index (χ2v) is 18.1. The number of allylic oxidation sites excluding steroid dienone is 14. The Kier molecular flexibility index (Phi) is 51.4. The van der Waals surface area contributed by atoms with E-state index in [4.69, 9.17) is 14.2 Å². The fraction of sp³-hybridized carbons (Fsp3) is 0.717. The number of rotatable bonds is 49. The first-order valence-corrected chi connectivity index (χ1v) is 27.6. The van der Waals surface area contributed by atoms with Crippen molar-refractivity contribution in [3.63, 3.8) is 0 Å². The predicted molar refractivity (Wildman–Crippen MR) is 284 cm³/mol.